The Hall–Kier alpha value is -2.86. The van der Waals surface area contributed by atoms with Gasteiger partial charge in [-0.15, -0.1) is 0 Å². The van der Waals surface area contributed by atoms with Crippen molar-refractivity contribution in [2.45, 2.75) is 4.90 Å². The molecule has 0 atom stereocenters. The summed E-state index contributed by atoms with van der Waals surface area (Å²) in [6.45, 7) is 0. The third-order valence-electron chi connectivity index (χ3n) is 3.60. The van der Waals surface area contributed by atoms with Gasteiger partial charge < -0.3 is 4.74 Å². The normalized spacial score (nSPS) is 11.2. The van der Waals surface area contributed by atoms with Crippen molar-refractivity contribution in [2.24, 2.45) is 0 Å². The van der Waals surface area contributed by atoms with Gasteiger partial charge in [-0.1, -0.05) is 36.4 Å². The minimum absolute atomic E-state index is 0.188. The minimum Gasteiger partial charge on any atom is -0.465 e. The summed E-state index contributed by atoms with van der Waals surface area (Å²) < 4.78 is 32.3. The van der Waals surface area contributed by atoms with E-state index in [1.54, 1.807) is 48.5 Å². The molecule has 0 amide bonds. The minimum atomic E-state index is -3.68. The van der Waals surface area contributed by atoms with E-state index in [1.165, 1.54) is 19.2 Å². The van der Waals surface area contributed by atoms with Crippen LogP contribution in [-0.4, -0.2) is 21.5 Å². The number of benzene rings is 3. The summed E-state index contributed by atoms with van der Waals surface area (Å²) in [6.07, 6.45) is 0. The number of esters is 1. The maximum Gasteiger partial charge on any atom is 0.337 e. The maximum atomic E-state index is 12.5. The number of sulfonamides is 1. The van der Waals surface area contributed by atoms with Crippen LogP contribution in [0.25, 0.3) is 10.8 Å². The second-order valence-electron chi connectivity index (χ2n) is 5.15. The number of fused-ring (bicyclic) bond motifs is 1. The third-order valence-corrected chi connectivity index (χ3v) is 4.98. The zero-order valence-corrected chi connectivity index (χ0v) is 13.7. The quantitative estimate of drug-likeness (QED) is 0.738. The van der Waals surface area contributed by atoms with Crippen LogP contribution in [-0.2, 0) is 14.8 Å². The first kappa shape index (κ1) is 16.0. The summed E-state index contributed by atoms with van der Waals surface area (Å²) in [6, 6.07) is 18.3. The van der Waals surface area contributed by atoms with Crippen LogP contribution < -0.4 is 4.72 Å². The lowest BCUT2D eigenvalue weighted by Crippen LogP contribution is -2.13. The van der Waals surface area contributed by atoms with Crippen LogP contribution in [0.15, 0.2) is 71.6 Å². The molecule has 0 bridgehead atoms. The predicted octanol–water partition coefficient (Wildman–Crippen LogP) is 3.43. The molecule has 0 unspecified atom stereocenters. The molecule has 0 aliphatic heterocycles. The maximum absolute atomic E-state index is 12.5. The molecule has 1 N–H and O–H groups in total. The Labute approximate surface area is 139 Å². The van der Waals surface area contributed by atoms with Gasteiger partial charge in [-0.2, -0.15) is 0 Å². The van der Waals surface area contributed by atoms with Gasteiger partial charge in [0.05, 0.1) is 23.3 Å². The van der Waals surface area contributed by atoms with Crippen molar-refractivity contribution >= 4 is 32.5 Å². The first-order valence-corrected chi connectivity index (χ1v) is 8.68. The number of rotatable bonds is 4. The Morgan fingerprint density at radius 2 is 1.71 bits per heavy atom. The van der Waals surface area contributed by atoms with Crippen LogP contribution in [0.3, 0.4) is 0 Å². The van der Waals surface area contributed by atoms with Crippen molar-refractivity contribution in [1.82, 2.24) is 0 Å². The molecule has 0 spiro atoms. The smallest absolute Gasteiger partial charge is 0.337 e. The Morgan fingerprint density at radius 3 is 2.42 bits per heavy atom. The molecule has 0 fully saturated rings. The molecule has 122 valence electrons. The summed E-state index contributed by atoms with van der Waals surface area (Å²) in [4.78, 5) is 11.8. The Kier molecular flexibility index (Phi) is 4.22. The van der Waals surface area contributed by atoms with Crippen LogP contribution >= 0.6 is 0 Å². The molecule has 0 aliphatic rings. The number of carbonyl (C=O) groups is 1. The van der Waals surface area contributed by atoms with Crippen molar-refractivity contribution in [1.29, 1.82) is 0 Å². The highest BCUT2D eigenvalue weighted by Crippen LogP contribution is 2.27. The molecule has 5 nitrogen and oxygen atoms in total. The summed E-state index contributed by atoms with van der Waals surface area (Å²) in [5.74, 6) is -0.438. The largest absolute Gasteiger partial charge is 0.465 e. The molecular weight excluding hydrogens is 326 g/mol. The second-order valence-corrected chi connectivity index (χ2v) is 6.83. The summed E-state index contributed by atoms with van der Waals surface area (Å²) in [5, 5.41) is 1.44. The topological polar surface area (TPSA) is 72.5 Å². The molecule has 24 heavy (non-hydrogen) atoms. The zero-order valence-electron chi connectivity index (χ0n) is 12.9. The third kappa shape index (κ3) is 3.09. The standard InChI is InChI=1S/C18H15NO4S/c1-23-18(20)14-10-11-16-13(12-14)6-5-9-17(16)19-24(21,22)15-7-3-2-4-8-15/h2-12,19H,1H3. The van der Waals surface area contributed by atoms with E-state index in [0.29, 0.717) is 16.6 Å². The monoisotopic (exact) mass is 341 g/mol. The van der Waals surface area contributed by atoms with Crippen molar-refractivity contribution < 1.29 is 17.9 Å². The number of hydrogen-bond donors (Lipinski definition) is 1. The lowest BCUT2D eigenvalue weighted by molar-refractivity contribution is 0.0601. The lowest BCUT2D eigenvalue weighted by Gasteiger charge is -2.11. The van der Waals surface area contributed by atoms with Crippen LogP contribution in [0.1, 0.15) is 10.4 Å². The van der Waals surface area contributed by atoms with E-state index in [1.807, 2.05) is 6.07 Å². The number of methoxy groups -OCH3 is 1. The lowest BCUT2D eigenvalue weighted by atomic mass is 10.1. The number of carbonyl (C=O) groups excluding carboxylic acids is 1. The molecule has 0 aliphatic carbocycles. The second kappa shape index (κ2) is 6.33. The van der Waals surface area contributed by atoms with Gasteiger partial charge in [0.1, 0.15) is 0 Å². The Bertz CT molecular complexity index is 998. The van der Waals surface area contributed by atoms with Crippen molar-refractivity contribution in [2.75, 3.05) is 11.8 Å². The SMILES string of the molecule is COC(=O)c1ccc2c(NS(=O)(=O)c3ccccc3)cccc2c1. The van der Waals surface area contributed by atoms with Crippen LogP contribution in [0.4, 0.5) is 5.69 Å². The summed E-state index contributed by atoms with van der Waals surface area (Å²) in [5.41, 5.74) is 0.862. The molecule has 3 aromatic rings. The van der Waals surface area contributed by atoms with Crippen LogP contribution in [0.2, 0.25) is 0 Å². The first-order valence-electron chi connectivity index (χ1n) is 7.20. The molecule has 6 heteroatoms. The first-order chi connectivity index (χ1) is 11.5. The Balaban J connectivity index is 2.03. The summed E-state index contributed by atoms with van der Waals surface area (Å²) in [7, 11) is -2.36. The van der Waals surface area contributed by atoms with Gasteiger partial charge in [-0.3, -0.25) is 4.72 Å². The van der Waals surface area contributed by atoms with Crippen molar-refractivity contribution in [3.05, 3.63) is 72.3 Å². The predicted molar refractivity (Wildman–Crippen MR) is 92.5 cm³/mol. The van der Waals surface area contributed by atoms with E-state index >= 15 is 0 Å². The number of nitrogens with one attached hydrogen (secondary N) is 1. The molecule has 3 aromatic carbocycles. The van der Waals surface area contributed by atoms with Crippen LogP contribution in [0.5, 0.6) is 0 Å². The van der Waals surface area contributed by atoms with Crippen molar-refractivity contribution in [3.63, 3.8) is 0 Å². The van der Waals surface area contributed by atoms with Gasteiger partial charge in [0.15, 0.2) is 0 Å². The highest BCUT2D eigenvalue weighted by atomic mass is 32.2. The van der Waals surface area contributed by atoms with Gasteiger partial charge in [0.2, 0.25) is 0 Å². The van der Waals surface area contributed by atoms with E-state index in [-0.39, 0.29) is 4.90 Å². The summed E-state index contributed by atoms with van der Waals surface area (Å²) >= 11 is 0. The number of hydrogen-bond acceptors (Lipinski definition) is 4. The van der Waals surface area contributed by atoms with E-state index in [9.17, 15) is 13.2 Å². The van der Waals surface area contributed by atoms with Gasteiger partial charge >= 0.3 is 5.97 Å². The fraction of sp³-hybridized carbons (Fsp3) is 0.0556. The fourth-order valence-electron chi connectivity index (χ4n) is 2.42. The Morgan fingerprint density at radius 1 is 0.958 bits per heavy atom. The molecule has 0 heterocycles. The fourth-order valence-corrected chi connectivity index (χ4v) is 3.52. The van der Waals surface area contributed by atoms with Crippen LogP contribution in [0, 0.1) is 0 Å². The number of ether oxygens (including phenoxy) is 1. The average Bonchev–Trinajstić information content (AvgIpc) is 2.61. The highest BCUT2D eigenvalue weighted by molar-refractivity contribution is 7.92. The van der Waals surface area contributed by atoms with Gasteiger partial charge in [-0.05, 0) is 35.7 Å². The highest BCUT2D eigenvalue weighted by Gasteiger charge is 2.15. The molecule has 3 rings (SSSR count). The van der Waals surface area contributed by atoms with Gasteiger partial charge in [-0.25, -0.2) is 13.2 Å². The molecule has 0 radical (unpaired) electrons. The number of anilines is 1. The molecule has 0 aromatic heterocycles. The van der Waals surface area contributed by atoms with E-state index in [4.69, 9.17) is 4.74 Å². The molecule has 0 saturated carbocycles. The molecule has 0 saturated heterocycles. The van der Waals surface area contributed by atoms with Gasteiger partial charge in [0.25, 0.3) is 10.0 Å². The molecular formula is C18H15NO4S. The zero-order chi connectivity index (χ0) is 17.2. The average molecular weight is 341 g/mol. The van der Waals surface area contributed by atoms with E-state index in [0.717, 1.165) is 5.39 Å². The van der Waals surface area contributed by atoms with Crippen molar-refractivity contribution in [3.8, 4) is 0 Å². The van der Waals surface area contributed by atoms with Gasteiger partial charge in [0, 0.05) is 5.39 Å². The van der Waals surface area contributed by atoms with E-state index in [2.05, 4.69) is 4.72 Å². The van der Waals surface area contributed by atoms with E-state index < -0.39 is 16.0 Å².